The molecule has 0 aromatic heterocycles. The number of amides is 1. The van der Waals surface area contributed by atoms with Gasteiger partial charge in [0.15, 0.2) is 0 Å². The van der Waals surface area contributed by atoms with E-state index >= 15 is 0 Å². The molecule has 0 fully saturated rings. The fourth-order valence-corrected chi connectivity index (χ4v) is 1.76. The Hall–Kier alpha value is -1.70. The minimum Gasteiger partial charge on any atom is -0.480 e. The largest absolute Gasteiger partial charge is 0.480 e. The van der Waals surface area contributed by atoms with Crippen molar-refractivity contribution in [1.29, 1.82) is 0 Å². The molecule has 1 aromatic carbocycles. The van der Waals surface area contributed by atoms with Gasteiger partial charge < -0.3 is 15.7 Å². The average Bonchev–Trinajstić information content (AvgIpc) is 2.25. The van der Waals surface area contributed by atoms with Gasteiger partial charge in [0.1, 0.15) is 23.4 Å². The van der Waals surface area contributed by atoms with Crippen molar-refractivity contribution in [2.24, 2.45) is 0 Å². The normalized spacial score (nSPS) is 11.8. The van der Waals surface area contributed by atoms with E-state index in [9.17, 15) is 18.4 Å². The second kappa shape index (κ2) is 6.46. The molecule has 19 heavy (non-hydrogen) atoms. The number of carbonyl (C=O) groups excluding carboxylic acids is 1. The molecule has 0 spiro atoms. The number of rotatable bonds is 5. The molecule has 0 saturated carbocycles. The molecular weight excluding hydrogens is 326 g/mol. The van der Waals surface area contributed by atoms with Crippen LogP contribution in [0, 0.1) is 11.6 Å². The van der Waals surface area contributed by atoms with Gasteiger partial charge in [-0.2, -0.15) is 0 Å². The first-order valence-corrected chi connectivity index (χ1v) is 5.99. The van der Waals surface area contributed by atoms with Crippen LogP contribution in [0.3, 0.4) is 0 Å². The van der Waals surface area contributed by atoms with Gasteiger partial charge in [-0.3, -0.25) is 4.79 Å². The van der Waals surface area contributed by atoms with Gasteiger partial charge in [-0.05, 0) is 12.1 Å². The van der Waals surface area contributed by atoms with Crippen molar-refractivity contribution < 1.29 is 23.5 Å². The molecule has 0 heterocycles. The third-order valence-corrected chi connectivity index (χ3v) is 2.62. The second-order valence-electron chi connectivity index (χ2n) is 3.72. The molecule has 5 nitrogen and oxygen atoms in total. The molecule has 8 heteroatoms. The summed E-state index contributed by atoms with van der Waals surface area (Å²) >= 11 is 2.92. The first-order valence-electron chi connectivity index (χ1n) is 5.19. The number of halogens is 3. The number of nitrogens with one attached hydrogen (secondary N) is 2. The maximum absolute atomic E-state index is 13.5. The van der Waals surface area contributed by atoms with Crippen LogP contribution in [0.5, 0.6) is 0 Å². The van der Waals surface area contributed by atoms with Crippen LogP contribution in [0.15, 0.2) is 16.6 Å². The SMILES string of the molecule is CC(=O)NC(CNc1c(F)cc(Br)cc1F)C(=O)O. The quantitative estimate of drug-likeness (QED) is 0.765. The van der Waals surface area contributed by atoms with E-state index in [0.717, 1.165) is 19.1 Å². The van der Waals surface area contributed by atoms with Crippen LogP contribution >= 0.6 is 15.9 Å². The van der Waals surface area contributed by atoms with Crippen molar-refractivity contribution in [2.45, 2.75) is 13.0 Å². The maximum Gasteiger partial charge on any atom is 0.328 e. The molecule has 1 atom stereocenters. The zero-order valence-corrected chi connectivity index (χ0v) is 11.4. The zero-order chi connectivity index (χ0) is 14.6. The third kappa shape index (κ3) is 4.47. The molecule has 104 valence electrons. The van der Waals surface area contributed by atoms with E-state index < -0.39 is 35.2 Å². The van der Waals surface area contributed by atoms with Crippen LogP contribution < -0.4 is 10.6 Å². The van der Waals surface area contributed by atoms with Gasteiger partial charge in [0.25, 0.3) is 0 Å². The fraction of sp³-hybridized carbons (Fsp3) is 0.273. The average molecular weight is 337 g/mol. The highest BCUT2D eigenvalue weighted by Crippen LogP contribution is 2.23. The Morgan fingerprint density at radius 3 is 2.32 bits per heavy atom. The molecule has 0 aliphatic rings. The number of hydrogen-bond donors (Lipinski definition) is 3. The van der Waals surface area contributed by atoms with Gasteiger partial charge in [-0.25, -0.2) is 13.6 Å². The lowest BCUT2D eigenvalue weighted by atomic mass is 10.2. The number of carbonyl (C=O) groups is 2. The first-order chi connectivity index (χ1) is 8.81. The lowest BCUT2D eigenvalue weighted by Gasteiger charge is -2.15. The Morgan fingerprint density at radius 1 is 1.37 bits per heavy atom. The van der Waals surface area contributed by atoms with E-state index in [2.05, 4.69) is 26.6 Å². The maximum atomic E-state index is 13.5. The van der Waals surface area contributed by atoms with E-state index in [4.69, 9.17) is 5.11 Å². The second-order valence-corrected chi connectivity index (χ2v) is 4.63. The van der Waals surface area contributed by atoms with Crippen LogP contribution in [0.2, 0.25) is 0 Å². The lowest BCUT2D eigenvalue weighted by Crippen LogP contribution is -2.44. The molecule has 0 saturated heterocycles. The van der Waals surface area contributed by atoms with Crippen LogP contribution in [0.25, 0.3) is 0 Å². The van der Waals surface area contributed by atoms with E-state index in [1.54, 1.807) is 0 Å². The molecule has 0 aliphatic heterocycles. The molecular formula is C11H11BrF2N2O3. The summed E-state index contributed by atoms with van der Waals surface area (Å²) in [5.74, 6) is -3.58. The summed E-state index contributed by atoms with van der Waals surface area (Å²) in [6.45, 7) is 0.807. The van der Waals surface area contributed by atoms with E-state index in [1.165, 1.54) is 0 Å². The summed E-state index contributed by atoms with van der Waals surface area (Å²) in [6.07, 6.45) is 0. The number of anilines is 1. The highest BCUT2D eigenvalue weighted by atomic mass is 79.9. The number of hydrogen-bond acceptors (Lipinski definition) is 3. The van der Waals surface area contributed by atoms with Crippen molar-refractivity contribution in [3.05, 3.63) is 28.2 Å². The molecule has 1 rings (SSSR count). The topological polar surface area (TPSA) is 78.4 Å². The molecule has 0 radical (unpaired) electrons. The smallest absolute Gasteiger partial charge is 0.328 e. The Morgan fingerprint density at radius 2 is 1.89 bits per heavy atom. The summed E-state index contributed by atoms with van der Waals surface area (Å²) in [6, 6.07) is 0.805. The monoisotopic (exact) mass is 336 g/mol. The van der Waals surface area contributed by atoms with E-state index in [1.807, 2.05) is 0 Å². The Kier molecular flexibility index (Phi) is 5.22. The summed E-state index contributed by atoms with van der Waals surface area (Å²) in [4.78, 5) is 21.6. The molecule has 1 unspecified atom stereocenters. The molecule has 1 aromatic rings. The highest BCUT2D eigenvalue weighted by Gasteiger charge is 2.19. The van der Waals surface area contributed by atoms with Gasteiger partial charge in [0.2, 0.25) is 5.91 Å². The minimum atomic E-state index is -1.30. The van der Waals surface area contributed by atoms with Gasteiger partial charge in [0, 0.05) is 17.9 Å². The van der Waals surface area contributed by atoms with Gasteiger partial charge in [0.05, 0.1) is 0 Å². The van der Waals surface area contributed by atoms with E-state index in [-0.39, 0.29) is 11.0 Å². The van der Waals surface area contributed by atoms with Crippen molar-refractivity contribution in [3.63, 3.8) is 0 Å². The number of carboxylic acid groups (broad SMARTS) is 1. The number of aliphatic carboxylic acids is 1. The molecule has 0 bridgehead atoms. The predicted molar refractivity (Wildman–Crippen MR) is 67.8 cm³/mol. The van der Waals surface area contributed by atoms with Crippen molar-refractivity contribution in [3.8, 4) is 0 Å². The predicted octanol–water partition coefficient (Wildman–Crippen LogP) is 1.73. The van der Waals surface area contributed by atoms with Crippen LogP contribution in [0.1, 0.15) is 6.92 Å². The summed E-state index contributed by atoms with van der Waals surface area (Å²) < 4.78 is 27.1. The summed E-state index contributed by atoms with van der Waals surface area (Å²) in [5.41, 5.74) is -0.445. The lowest BCUT2D eigenvalue weighted by molar-refractivity contribution is -0.141. The van der Waals surface area contributed by atoms with Crippen LogP contribution in [-0.2, 0) is 9.59 Å². The Labute approximate surface area is 116 Å². The highest BCUT2D eigenvalue weighted by molar-refractivity contribution is 9.10. The van der Waals surface area contributed by atoms with Crippen molar-refractivity contribution in [1.82, 2.24) is 5.32 Å². The molecule has 0 aliphatic carbocycles. The van der Waals surface area contributed by atoms with Crippen molar-refractivity contribution >= 4 is 33.5 Å². The summed E-state index contributed by atoms with van der Waals surface area (Å²) in [5, 5.41) is 13.3. The molecule has 3 N–H and O–H groups in total. The number of carboxylic acids is 1. The van der Waals surface area contributed by atoms with Gasteiger partial charge >= 0.3 is 5.97 Å². The first kappa shape index (κ1) is 15.4. The standard InChI is InChI=1S/C11H11BrF2N2O3/c1-5(17)16-9(11(18)19)4-15-10-7(13)2-6(12)3-8(10)14/h2-3,9,15H,4H2,1H3,(H,16,17)(H,18,19). The van der Waals surface area contributed by atoms with Gasteiger partial charge in [-0.1, -0.05) is 15.9 Å². The fourth-order valence-electron chi connectivity index (χ4n) is 1.36. The Bertz CT molecular complexity index is 488. The summed E-state index contributed by atoms with van der Waals surface area (Å²) in [7, 11) is 0. The third-order valence-electron chi connectivity index (χ3n) is 2.17. The van der Waals surface area contributed by atoms with E-state index in [0.29, 0.717) is 0 Å². The molecule has 1 amide bonds. The van der Waals surface area contributed by atoms with Crippen molar-refractivity contribution in [2.75, 3.05) is 11.9 Å². The van der Waals surface area contributed by atoms with Crippen LogP contribution in [-0.4, -0.2) is 29.6 Å². The minimum absolute atomic E-state index is 0.227. The number of benzene rings is 1. The zero-order valence-electron chi connectivity index (χ0n) is 9.84. The Balaban J connectivity index is 2.80. The van der Waals surface area contributed by atoms with Gasteiger partial charge in [-0.15, -0.1) is 0 Å². The van der Waals surface area contributed by atoms with Crippen LogP contribution in [0.4, 0.5) is 14.5 Å².